The predicted molar refractivity (Wildman–Crippen MR) is 91.6 cm³/mol. The van der Waals surface area contributed by atoms with E-state index in [0.717, 1.165) is 25.5 Å². The summed E-state index contributed by atoms with van der Waals surface area (Å²) in [5.74, 6) is -0.573. The zero-order valence-electron chi connectivity index (χ0n) is 14.2. The third kappa shape index (κ3) is 4.26. The zero-order valence-corrected chi connectivity index (χ0v) is 14.2. The lowest BCUT2D eigenvalue weighted by Gasteiger charge is -2.25. The quantitative estimate of drug-likeness (QED) is 0.783. The van der Waals surface area contributed by atoms with Gasteiger partial charge in [0.15, 0.2) is 5.82 Å². The van der Waals surface area contributed by atoms with Crippen molar-refractivity contribution in [2.45, 2.75) is 19.3 Å². The lowest BCUT2D eigenvalue weighted by molar-refractivity contribution is 0.113. The summed E-state index contributed by atoms with van der Waals surface area (Å²) in [6.07, 6.45) is 4.92. The smallest absolute Gasteiger partial charge is 0.434 e. The van der Waals surface area contributed by atoms with E-state index in [9.17, 15) is 9.18 Å². The lowest BCUT2D eigenvalue weighted by Crippen LogP contribution is -2.37. The Balaban J connectivity index is 1.66. The van der Waals surface area contributed by atoms with Crippen molar-refractivity contribution in [2.75, 3.05) is 31.0 Å². The van der Waals surface area contributed by atoms with Gasteiger partial charge in [-0.2, -0.15) is 10.5 Å². The van der Waals surface area contributed by atoms with Crippen LogP contribution in [0.5, 0.6) is 5.88 Å². The first-order chi connectivity index (χ1) is 12.7. The van der Waals surface area contributed by atoms with Gasteiger partial charge in [0.2, 0.25) is 17.6 Å². The molecule has 3 heterocycles. The van der Waals surface area contributed by atoms with Gasteiger partial charge in [-0.15, -0.1) is 0 Å². The summed E-state index contributed by atoms with van der Waals surface area (Å²) in [5.41, 5.74) is 2.77. The second kappa shape index (κ2) is 8.28. The first-order valence-electron chi connectivity index (χ1n) is 8.17. The molecular weight excluding hydrogens is 343 g/mol. The van der Waals surface area contributed by atoms with Gasteiger partial charge in [0.05, 0.1) is 13.3 Å². The van der Waals surface area contributed by atoms with Gasteiger partial charge >= 0.3 is 6.09 Å². The molecule has 1 saturated heterocycles. The molecule has 1 aliphatic heterocycles. The molecule has 0 saturated carbocycles. The van der Waals surface area contributed by atoms with Crippen LogP contribution >= 0.6 is 0 Å². The Morgan fingerprint density at radius 3 is 2.85 bits per heavy atom. The van der Waals surface area contributed by atoms with Crippen LogP contribution in [0.15, 0.2) is 24.5 Å². The number of anilines is 3. The molecule has 10 heteroatoms. The van der Waals surface area contributed by atoms with Crippen LogP contribution < -0.4 is 15.5 Å². The number of carbonyl (C=O) groups is 1. The number of hydrogen-bond acceptors (Lipinski definition) is 8. The molecule has 0 bridgehead atoms. The third-order valence-electron chi connectivity index (χ3n) is 3.80. The van der Waals surface area contributed by atoms with Gasteiger partial charge in [0, 0.05) is 19.3 Å². The van der Waals surface area contributed by atoms with Crippen LogP contribution in [0.4, 0.5) is 26.6 Å². The number of likely N-dealkylation sites (tertiary alicyclic amines) is 1. The highest BCUT2D eigenvalue weighted by Crippen LogP contribution is 2.23. The molecule has 2 N–H and O–H groups in total. The monoisotopic (exact) mass is 362 g/mol. The van der Waals surface area contributed by atoms with Gasteiger partial charge in [0.25, 0.3) is 0 Å². The molecular formula is C16H19FN6O3. The van der Waals surface area contributed by atoms with Crippen LogP contribution in [-0.4, -0.2) is 46.1 Å². The summed E-state index contributed by atoms with van der Waals surface area (Å²) in [5, 5.41) is 2.87. The maximum absolute atomic E-state index is 13.9. The van der Waals surface area contributed by atoms with Gasteiger partial charge in [-0.3, -0.25) is 0 Å². The molecule has 26 heavy (non-hydrogen) atoms. The average molecular weight is 362 g/mol. The second-order valence-electron chi connectivity index (χ2n) is 5.59. The van der Waals surface area contributed by atoms with Crippen molar-refractivity contribution in [1.29, 1.82) is 0 Å². The SMILES string of the molecule is COc1ncccc1Nc1ncc(F)c(NOC(=O)N2CCCCC2)n1. The number of carbonyl (C=O) groups excluding carboxylic acids is 1. The molecule has 0 atom stereocenters. The molecule has 138 valence electrons. The topological polar surface area (TPSA) is 102 Å². The fourth-order valence-electron chi connectivity index (χ4n) is 2.50. The Kier molecular flexibility index (Phi) is 5.62. The van der Waals surface area contributed by atoms with E-state index in [1.807, 2.05) is 0 Å². The van der Waals surface area contributed by atoms with Crippen molar-refractivity contribution in [3.8, 4) is 5.88 Å². The van der Waals surface area contributed by atoms with E-state index in [0.29, 0.717) is 24.7 Å². The van der Waals surface area contributed by atoms with E-state index >= 15 is 0 Å². The van der Waals surface area contributed by atoms with E-state index in [4.69, 9.17) is 9.57 Å². The highest BCUT2D eigenvalue weighted by atomic mass is 19.1. The van der Waals surface area contributed by atoms with Crippen molar-refractivity contribution in [3.63, 3.8) is 0 Å². The molecule has 0 spiro atoms. The normalized spacial score (nSPS) is 13.8. The molecule has 1 aliphatic rings. The third-order valence-corrected chi connectivity index (χ3v) is 3.80. The standard InChI is InChI=1S/C16H19FN6O3/c1-25-14-12(6-5-7-18-14)20-15-19-10-11(17)13(21-15)22-26-16(24)23-8-3-2-4-9-23/h5-7,10H,2-4,8-9H2,1H3,(H2,19,20,21,22). The molecule has 0 radical (unpaired) electrons. The summed E-state index contributed by atoms with van der Waals surface area (Å²) in [6.45, 7) is 1.25. The number of nitrogens with one attached hydrogen (secondary N) is 2. The summed E-state index contributed by atoms with van der Waals surface area (Å²) >= 11 is 0. The first-order valence-corrected chi connectivity index (χ1v) is 8.17. The van der Waals surface area contributed by atoms with Gasteiger partial charge in [-0.05, 0) is 31.4 Å². The number of piperidine rings is 1. The number of methoxy groups -OCH3 is 1. The first kappa shape index (κ1) is 17.6. The van der Waals surface area contributed by atoms with Crippen molar-refractivity contribution >= 4 is 23.5 Å². The maximum atomic E-state index is 13.9. The molecule has 2 aromatic heterocycles. The fourth-order valence-corrected chi connectivity index (χ4v) is 2.50. The molecule has 0 unspecified atom stereocenters. The number of nitrogens with zero attached hydrogens (tertiary/aromatic N) is 4. The molecule has 1 fully saturated rings. The van der Waals surface area contributed by atoms with E-state index in [1.165, 1.54) is 7.11 Å². The van der Waals surface area contributed by atoms with Crippen LogP contribution in [0.2, 0.25) is 0 Å². The minimum Gasteiger partial charge on any atom is -0.480 e. The molecule has 0 aliphatic carbocycles. The van der Waals surface area contributed by atoms with E-state index in [-0.39, 0.29) is 11.8 Å². The number of hydrogen-bond donors (Lipinski definition) is 2. The minimum absolute atomic E-state index is 0.0919. The van der Waals surface area contributed by atoms with E-state index in [2.05, 4.69) is 25.7 Å². The fraction of sp³-hybridized carbons (Fsp3) is 0.375. The number of halogens is 1. The molecule has 1 amide bonds. The van der Waals surface area contributed by atoms with Gasteiger partial charge in [-0.1, -0.05) is 0 Å². The van der Waals surface area contributed by atoms with Gasteiger partial charge < -0.3 is 19.8 Å². The summed E-state index contributed by atoms with van der Waals surface area (Å²) in [4.78, 5) is 30.3. The average Bonchev–Trinajstić information content (AvgIpc) is 2.69. The summed E-state index contributed by atoms with van der Waals surface area (Å²) < 4.78 is 19.0. The minimum atomic E-state index is -0.750. The summed E-state index contributed by atoms with van der Waals surface area (Å²) in [7, 11) is 1.48. The second-order valence-corrected chi connectivity index (χ2v) is 5.59. The van der Waals surface area contributed by atoms with Gasteiger partial charge in [0.1, 0.15) is 5.69 Å². The summed E-state index contributed by atoms with van der Waals surface area (Å²) in [6, 6.07) is 3.41. The molecule has 2 aromatic rings. The van der Waals surface area contributed by atoms with Crippen LogP contribution in [0.1, 0.15) is 19.3 Å². The number of amides is 1. The predicted octanol–water partition coefficient (Wildman–Crippen LogP) is 2.71. The van der Waals surface area contributed by atoms with Crippen LogP contribution in [0, 0.1) is 5.82 Å². The Bertz CT molecular complexity index is 769. The Hall–Kier alpha value is -3.17. The number of aromatic nitrogens is 3. The Morgan fingerprint density at radius 1 is 1.27 bits per heavy atom. The Morgan fingerprint density at radius 2 is 2.08 bits per heavy atom. The van der Waals surface area contributed by atoms with Crippen molar-refractivity contribution in [2.24, 2.45) is 0 Å². The number of ether oxygens (including phenoxy) is 1. The largest absolute Gasteiger partial charge is 0.480 e. The Labute approximate surface area is 149 Å². The maximum Gasteiger partial charge on any atom is 0.434 e. The van der Waals surface area contributed by atoms with Crippen LogP contribution in [0.3, 0.4) is 0 Å². The van der Waals surface area contributed by atoms with E-state index < -0.39 is 11.9 Å². The highest BCUT2D eigenvalue weighted by molar-refractivity contribution is 5.68. The van der Waals surface area contributed by atoms with Crippen molar-refractivity contribution in [1.82, 2.24) is 19.9 Å². The van der Waals surface area contributed by atoms with Crippen molar-refractivity contribution < 1.29 is 18.8 Å². The highest BCUT2D eigenvalue weighted by Gasteiger charge is 2.19. The van der Waals surface area contributed by atoms with E-state index in [1.54, 1.807) is 23.2 Å². The number of rotatable bonds is 5. The molecule has 3 rings (SSSR count). The zero-order chi connectivity index (χ0) is 18.4. The van der Waals surface area contributed by atoms with Crippen LogP contribution in [0.25, 0.3) is 0 Å². The lowest BCUT2D eigenvalue weighted by atomic mass is 10.1. The van der Waals surface area contributed by atoms with Gasteiger partial charge in [-0.25, -0.2) is 19.2 Å². The molecule has 0 aromatic carbocycles. The van der Waals surface area contributed by atoms with Crippen LogP contribution in [-0.2, 0) is 4.84 Å². The number of pyridine rings is 1. The molecule has 9 nitrogen and oxygen atoms in total. The van der Waals surface area contributed by atoms with Crippen molar-refractivity contribution in [3.05, 3.63) is 30.3 Å².